The number of nitrogens with one attached hydrogen (secondary N) is 2. The van der Waals surface area contributed by atoms with E-state index in [0.29, 0.717) is 6.42 Å². The summed E-state index contributed by atoms with van der Waals surface area (Å²) in [6, 6.07) is -0.0239. The van der Waals surface area contributed by atoms with Gasteiger partial charge in [0, 0.05) is 12.6 Å². The maximum absolute atomic E-state index is 11.9. The van der Waals surface area contributed by atoms with Gasteiger partial charge in [-0.3, -0.25) is 0 Å². The van der Waals surface area contributed by atoms with Crippen molar-refractivity contribution in [3.63, 3.8) is 0 Å². The van der Waals surface area contributed by atoms with Gasteiger partial charge in [0.2, 0.25) is 10.0 Å². The Hall–Kier alpha value is -0.170. The van der Waals surface area contributed by atoms with E-state index in [1.54, 1.807) is 0 Å². The highest BCUT2D eigenvalue weighted by molar-refractivity contribution is 7.89. The average molecular weight is 279 g/mol. The topological polar surface area (TPSA) is 61.4 Å². The summed E-state index contributed by atoms with van der Waals surface area (Å²) in [6.07, 6.45) is 0.649. The molecule has 2 N–H and O–H groups in total. The van der Waals surface area contributed by atoms with Crippen LogP contribution in [0.4, 0.5) is 0 Å². The van der Waals surface area contributed by atoms with Crippen LogP contribution < -0.4 is 10.0 Å². The molecule has 5 nitrogen and oxygen atoms in total. The second kappa shape index (κ2) is 8.85. The van der Waals surface area contributed by atoms with Crippen molar-refractivity contribution in [1.29, 1.82) is 0 Å². The predicted octanol–water partition coefficient (Wildman–Crippen LogP) is 0.492. The number of hydrogen-bond donors (Lipinski definition) is 2. The van der Waals surface area contributed by atoms with Crippen LogP contribution >= 0.6 is 0 Å². The third-order valence-electron chi connectivity index (χ3n) is 2.71. The predicted molar refractivity (Wildman–Crippen MR) is 77.3 cm³/mol. The van der Waals surface area contributed by atoms with E-state index >= 15 is 0 Å². The molecular formula is C12H29N3O2S. The molecule has 0 aromatic rings. The molecular weight excluding hydrogens is 250 g/mol. The Morgan fingerprint density at radius 2 is 1.83 bits per heavy atom. The van der Waals surface area contributed by atoms with E-state index in [1.807, 2.05) is 39.8 Å². The molecule has 0 heterocycles. The van der Waals surface area contributed by atoms with Crippen LogP contribution in [0.3, 0.4) is 0 Å². The van der Waals surface area contributed by atoms with Gasteiger partial charge >= 0.3 is 0 Å². The van der Waals surface area contributed by atoms with Gasteiger partial charge in [-0.15, -0.1) is 0 Å². The van der Waals surface area contributed by atoms with Crippen LogP contribution in [-0.4, -0.2) is 58.8 Å². The lowest BCUT2D eigenvalue weighted by molar-refractivity contribution is 0.314. The van der Waals surface area contributed by atoms with Gasteiger partial charge < -0.3 is 10.2 Å². The molecule has 0 spiro atoms. The third kappa shape index (κ3) is 8.85. The molecule has 0 saturated carbocycles. The van der Waals surface area contributed by atoms with Crippen molar-refractivity contribution in [1.82, 2.24) is 14.9 Å². The molecule has 0 aliphatic carbocycles. The molecule has 0 rings (SSSR count). The van der Waals surface area contributed by atoms with Gasteiger partial charge in [0.15, 0.2) is 0 Å². The van der Waals surface area contributed by atoms with Crippen LogP contribution in [0.5, 0.6) is 0 Å². The minimum atomic E-state index is -3.17. The van der Waals surface area contributed by atoms with E-state index in [4.69, 9.17) is 0 Å². The molecule has 0 bridgehead atoms. The second-order valence-corrected chi connectivity index (χ2v) is 7.13. The fraction of sp³-hybridized carbons (Fsp3) is 1.00. The van der Waals surface area contributed by atoms with Crippen molar-refractivity contribution in [2.45, 2.75) is 33.2 Å². The smallest absolute Gasteiger partial charge is 0.211 e. The van der Waals surface area contributed by atoms with Crippen LogP contribution in [0.1, 0.15) is 27.2 Å². The lowest BCUT2D eigenvalue weighted by Gasteiger charge is -2.25. The van der Waals surface area contributed by atoms with E-state index in [9.17, 15) is 8.42 Å². The van der Waals surface area contributed by atoms with E-state index in [2.05, 4.69) is 10.0 Å². The quantitative estimate of drug-likeness (QED) is 0.572. The normalized spacial score (nSPS) is 14.4. The van der Waals surface area contributed by atoms with Gasteiger partial charge in [-0.05, 0) is 39.5 Å². The number of sulfonamides is 1. The molecule has 0 aliphatic heterocycles. The van der Waals surface area contributed by atoms with Gasteiger partial charge in [-0.2, -0.15) is 0 Å². The zero-order valence-corrected chi connectivity index (χ0v) is 13.2. The van der Waals surface area contributed by atoms with Crippen LogP contribution in [0, 0.1) is 5.92 Å². The lowest BCUT2D eigenvalue weighted by atomic mass is 10.1. The van der Waals surface area contributed by atoms with Gasteiger partial charge in [-0.25, -0.2) is 13.1 Å². The van der Waals surface area contributed by atoms with Crippen molar-refractivity contribution in [3.05, 3.63) is 0 Å². The molecule has 0 aliphatic rings. The highest BCUT2D eigenvalue weighted by Crippen LogP contribution is 2.05. The first-order valence-electron chi connectivity index (χ1n) is 6.64. The van der Waals surface area contributed by atoms with Crippen LogP contribution in [0.25, 0.3) is 0 Å². The molecule has 0 radical (unpaired) electrons. The maximum atomic E-state index is 11.9. The molecule has 0 aromatic carbocycles. The van der Waals surface area contributed by atoms with Gasteiger partial charge in [-0.1, -0.05) is 20.8 Å². The van der Waals surface area contributed by atoms with E-state index in [0.717, 1.165) is 19.6 Å². The summed E-state index contributed by atoms with van der Waals surface area (Å²) in [7, 11) is 0.738. The van der Waals surface area contributed by atoms with E-state index in [1.165, 1.54) is 0 Å². The summed E-state index contributed by atoms with van der Waals surface area (Å²) in [4.78, 5) is 2.01. The molecule has 1 unspecified atom stereocenters. The summed E-state index contributed by atoms with van der Waals surface area (Å²) >= 11 is 0. The van der Waals surface area contributed by atoms with Gasteiger partial charge in [0.25, 0.3) is 0 Å². The minimum Gasteiger partial charge on any atom is -0.317 e. The zero-order chi connectivity index (χ0) is 14.2. The van der Waals surface area contributed by atoms with E-state index < -0.39 is 10.0 Å². The highest BCUT2D eigenvalue weighted by atomic mass is 32.2. The van der Waals surface area contributed by atoms with Crippen molar-refractivity contribution in [2.24, 2.45) is 5.92 Å². The van der Waals surface area contributed by atoms with Crippen LogP contribution in [0.2, 0.25) is 0 Å². The summed E-state index contributed by atoms with van der Waals surface area (Å²) in [5.74, 6) is 0.479. The Bertz CT molecular complexity index is 302. The third-order valence-corrected chi connectivity index (χ3v) is 4.20. The fourth-order valence-electron chi connectivity index (χ4n) is 1.63. The Labute approximate surface area is 112 Å². The summed E-state index contributed by atoms with van der Waals surface area (Å²) < 4.78 is 26.7. The monoisotopic (exact) mass is 279 g/mol. The van der Waals surface area contributed by atoms with Crippen molar-refractivity contribution < 1.29 is 8.42 Å². The Balaban J connectivity index is 4.24. The van der Waals surface area contributed by atoms with Gasteiger partial charge in [0.05, 0.1) is 5.75 Å². The number of nitrogens with zero attached hydrogens (tertiary/aromatic N) is 1. The highest BCUT2D eigenvalue weighted by Gasteiger charge is 2.20. The van der Waals surface area contributed by atoms with Crippen LogP contribution in [-0.2, 0) is 10.0 Å². The maximum Gasteiger partial charge on any atom is 0.211 e. The molecule has 0 saturated heterocycles. The number of rotatable bonds is 10. The Morgan fingerprint density at radius 1 is 1.22 bits per heavy atom. The number of hydrogen-bond acceptors (Lipinski definition) is 4. The van der Waals surface area contributed by atoms with Crippen molar-refractivity contribution in [3.8, 4) is 0 Å². The molecule has 0 amide bonds. The van der Waals surface area contributed by atoms with E-state index in [-0.39, 0.29) is 17.7 Å². The largest absolute Gasteiger partial charge is 0.317 e. The molecule has 18 heavy (non-hydrogen) atoms. The minimum absolute atomic E-state index is 0.0239. The van der Waals surface area contributed by atoms with Crippen molar-refractivity contribution >= 4 is 10.0 Å². The Kier molecular flexibility index (Phi) is 8.77. The first-order chi connectivity index (χ1) is 8.28. The summed E-state index contributed by atoms with van der Waals surface area (Å²) in [6.45, 7) is 8.44. The Morgan fingerprint density at radius 3 is 2.28 bits per heavy atom. The molecule has 1 atom stereocenters. The first-order valence-corrected chi connectivity index (χ1v) is 8.29. The molecule has 110 valence electrons. The second-order valence-electron chi connectivity index (χ2n) is 5.26. The van der Waals surface area contributed by atoms with Crippen molar-refractivity contribution in [2.75, 3.05) is 39.5 Å². The number of likely N-dealkylation sites (N-methyl/N-ethyl adjacent to an activating group) is 1. The average Bonchev–Trinajstić information content (AvgIpc) is 2.22. The van der Waals surface area contributed by atoms with Crippen LogP contribution in [0.15, 0.2) is 0 Å². The lowest BCUT2D eigenvalue weighted by Crippen LogP contribution is -2.45. The molecule has 0 fully saturated rings. The SMILES string of the molecule is CCNCCCS(=O)(=O)NC(CN(C)C)C(C)C. The summed E-state index contributed by atoms with van der Waals surface area (Å²) in [5.41, 5.74) is 0. The first kappa shape index (κ1) is 17.8. The van der Waals surface area contributed by atoms with Gasteiger partial charge in [0.1, 0.15) is 0 Å². The zero-order valence-electron chi connectivity index (χ0n) is 12.4. The molecule has 0 aromatic heterocycles. The standard InChI is InChI=1S/C12H29N3O2S/c1-6-13-8-7-9-18(16,17)14-12(11(2)3)10-15(4)5/h11-14H,6-10H2,1-5H3. The molecule has 6 heteroatoms. The summed E-state index contributed by atoms with van der Waals surface area (Å²) in [5, 5.41) is 3.13. The fourth-order valence-corrected chi connectivity index (χ4v) is 3.08.